The maximum absolute atomic E-state index is 6.15. The molecule has 0 aliphatic carbocycles. The van der Waals surface area contributed by atoms with E-state index in [9.17, 15) is 0 Å². The Morgan fingerprint density at radius 2 is 2.11 bits per heavy atom. The number of aromatic nitrogens is 2. The van der Waals surface area contributed by atoms with Crippen LogP contribution in [0.1, 0.15) is 17.1 Å². The highest BCUT2D eigenvalue weighted by atomic mass is 35.5. The van der Waals surface area contributed by atoms with Crippen LogP contribution in [0.15, 0.2) is 29.6 Å². The Labute approximate surface area is 120 Å². The lowest BCUT2D eigenvalue weighted by Gasteiger charge is -2.08. The third-order valence-electron chi connectivity index (χ3n) is 3.15. The number of hydrogen-bond acceptors (Lipinski definition) is 3. The summed E-state index contributed by atoms with van der Waals surface area (Å²) < 4.78 is 2.20. The number of anilines is 1. The highest BCUT2D eigenvalue weighted by Crippen LogP contribution is 2.24. The van der Waals surface area contributed by atoms with Crippen molar-refractivity contribution < 1.29 is 0 Å². The summed E-state index contributed by atoms with van der Waals surface area (Å²) in [6.45, 7) is 4.86. The third-order valence-corrected chi connectivity index (χ3v) is 4.42. The van der Waals surface area contributed by atoms with Gasteiger partial charge in [0.1, 0.15) is 0 Å². The van der Waals surface area contributed by atoms with Gasteiger partial charge in [-0.3, -0.25) is 4.40 Å². The van der Waals surface area contributed by atoms with Crippen LogP contribution in [0.2, 0.25) is 5.02 Å². The van der Waals surface area contributed by atoms with Gasteiger partial charge in [-0.15, -0.1) is 11.3 Å². The molecule has 0 aliphatic heterocycles. The van der Waals surface area contributed by atoms with E-state index in [0.29, 0.717) is 6.54 Å². The molecule has 98 valence electrons. The van der Waals surface area contributed by atoms with Crippen molar-refractivity contribution in [1.29, 1.82) is 0 Å². The molecule has 2 aromatic heterocycles. The topological polar surface area (TPSA) is 29.3 Å². The lowest BCUT2D eigenvalue weighted by molar-refractivity contribution is 0.966. The molecule has 0 spiro atoms. The molecule has 0 bridgehead atoms. The zero-order valence-electron chi connectivity index (χ0n) is 10.8. The average Bonchev–Trinajstić information content (AvgIpc) is 2.89. The number of nitrogens with zero attached hydrogens (tertiary/aromatic N) is 2. The summed E-state index contributed by atoms with van der Waals surface area (Å²) in [7, 11) is 0. The van der Waals surface area contributed by atoms with Crippen molar-refractivity contribution in [3.63, 3.8) is 0 Å². The van der Waals surface area contributed by atoms with E-state index < -0.39 is 0 Å². The van der Waals surface area contributed by atoms with Gasteiger partial charge < -0.3 is 5.32 Å². The second-order valence-corrected chi connectivity index (χ2v) is 5.72. The quantitative estimate of drug-likeness (QED) is 0.780. The number of para-hydroxylation sites is 1. The summed E-state index contributed by atoms with van der Waals surface area (Å²) in [5.41, 5.74) is 4.42. The van der Waals surface area contributed by atoms with Crippen LogP contribution in [0.3, 0.4) is 0 Å². The van der Waals surface area contributed by atoms with Gasteiger partial charge in [0.25, 0.3) is 0 Å². The van der Waals surface area contributed by atoms with Crippen molar-refractivity contribution >= 4 is 33.6 Å². The largest absolute Gasteiger partial charge is 0.378 e. The number of thiazole rings is 1. The molecule has 1 aromatic carbocycles. The lowest BCUT2D eigenvalue weighted by Crippen LogP contribution is -2.05. The van der Waals surface area contributed by atoms with Gasteiger partial charge in [-0.25, -0.2) is 4.98 Å². The summed E-state index contributed by atoms with van der Waals surface area (Å²) in [6, 6.07) is 7.77. The number of halogens is 1. The van der Waals surface area contributed by atoms with Crippen LogP contribution in [0.25, 0.3) is 4.96 Å². The minimum atomic E-state index is 0.717. The van der Waals surface area contributed by atoms with Crippen molar-refractivity contribution in [2.75, 3.05) is 5.32 Å². The van der Waals surface area contributed by atoms with Crippen LogP contribution < -0.4 is 5.32 Å². The van der Waals surface area contributed by atoms with Gasteiger partial charge in [0.05, 0.1) is 28.6 Å². The third kappa shape index (κ3) is 2.22. The van der Waals surface area contributed by atoms with E-state index in [2.05, 4.69) is 27.0 Å². The first-order valence-corrected chi connectivity index (χ1v) is 7.33. The van der Waals surface area contributed by atoms with Gasteiger partial charge in [0, 0.05) is 11.1 Å². The standard InChI is InChI=1S/C14H14ClN3S/c1-9-8-19-14-17-10(2)13(18(9)14)7-16-12-6-4-3-5-11(12)15/h3-6,8,16H,7H2,1-2H3. The number of benzene rings is 1. The molecule has 0 saturated carbocycles. The molecule has 3 nitrogen and oxygen atoms in total. The van der Waals surface area contributed by atoms with Crippen LogP contribution in [0.4, 0.5) is 5.69 Å². The Bertz CT molecular complexity index is 729. The van der Waals surface area contributed by atoms with E-state index in [1.165, 1.54) is 11.4 Å². The number of fused-ring (bicyclic) bond motifs is 1. The van der Waals surface area contributed by atoms with E-state index in [1.54, 1.807) is 11.3 Å². The Kier molecular flexibility index (Phi) is 3.21. The highest BCUT2D eigenvalue weighted by molar-refractivity contribution is 7.15. The normalized spacial score (nSPS) is 11.1. The zero-order valence-corrected chi connectivity index (χ0v) is 12.3. The summed E-state index contributed by atoms with van der Waals surface area (Å²) in [6.07, 6.45) is 0. The van der Waals surface area contributed by atoms with E-state index in [4.69, 9.17) is 11.6 Å². The summed E-state index contributed by atoms with van der Waals surface area (Å²) in [5, 5.41) is 6.24. The molecule has 1 N–H and O–H groups in total. The maximum atomic E-state index is 6.15. The van der Waals surface area contributed by atoms with Crippen LogP contribution in [-0.4, -0.2) is 9.38 Å². The maximum Gasteiger partial charge on any atom is 0.194 e. The second kappa shape index (κ2) is 4.87. The smallest absolute Gasteiger partial charge is 0.194 e. The first-order chi connectivity index (χ1) is 9.16. The molecule has 0 fully saturated rings. The van der Waals surface area contributed by atoms with Gasteiger partial charge in [-0.05, 0) is 26.0 Å². The monoisotopic (exact) mass is 291 g/mol. The summed E-state index contributed by atoms with van der Waals surface area (Å²) >= 11 is 7.82. The fourth-order valence-corrected chi connectivity index (χ4v) is 3.29. The van der Waals surface area contributed by atoms with Crippen molar-refractivity contribution in [1.82, 2.24) is 9.38 Å². The second-order valence-electron chi connectivity index (χ2n) is 4.47. The van der Waals surface area contributed by atoms with Gasteiger partial charge in [0.2, 0.25) is 0 Å². The Morgan fingerprint density at radius 1 is 1.32 bits per heavy atom. The van der Waals surface area contributed by atoms with Crippen molar-refractivity contribution in [2.24, 2.45) is 0 Å². The van der Waals surface area contributed by atoms with E-state index in [-0.39, 0.29) is 0 Å². The molecule has 0 radical (unpaired) electrons. The first-order valence-electron chi connectivity index (χ1n) is 6.07. The van der Waals surface area contributed by atoms with Crippen LogP contribution >= 0.6 is 22.9 Å². The molecule has 0 unspecified atom stereocenters. The predicted octanol–water partition coefficient (Wildman–Crippen LogP) is 4.28. The summed E-state index contributed by atoms with van der Waals surface area (Å²) in [5.74, 6) is 0. The van der Waals surface area contributed by atoms with Crippen molar-refractivity contribution in [3.05, 3.63) is 51.7 Å². The Hall–Kier alpha value is -1.52. The minimum Gasteiger partial charge on any atom is -0.378 e. The van der Waals surface area contributed by atoms with Gasteiger partial charge in [-0.2, -0.15) is 0 Å². The Morgan fingerprint density at radius 3 is 2.89 bits per heavy atom. The number of rotatable bonds is 3. The number of imidazole rings is 1. The van der Waals surface area contributed by atoms with Crippen molar-refractivity contribution in [2.45, 2.75) is 20.4 Å². The molecule has 0 atom stereocenters. The average molecular weight is 292 g/mol. The number of aryl methyl sites for hydroxylation is 2. The molecule has 2 heterocycles. The van der Waals surface area contributed by atoms with Crippen molar-refractivity contribution in [3.8, 4) is 0 Å². The fraction of sp³-hybridized carbons (Fsp3) is 0.214. The predicted molar refractivity (Wildman–Crippen MR) is 81.3 cm³/mol. The molecule has 0 amide bonds. The van der Waals surface area contributed by atoms with E-state index >= 15 is 0 Å². The fourth-order valence-electron chi connectivity index (χ4n) is 2.16. The molecule has 0 saturated heterocycles. The summed E-state index contributed by atoms with van der Waals surface area (Å²) in [4.78, 5) is 5.62. The number of nitrogens with one attached hydrogen (secondary N) is 1. The molecule has 19 heavy (non-hydrogen) atoms. The molecule has 0 aliphatic rings. The van der Waals surface area contributed by atoms with Gasteiger partial charge >= 0.3 is 0 Å². The minimum absolute atomic E-state index is 0.717. The first kappa shape index (κ1) is 12.5. The van der Waals surface area contributed by atoms with Crippen LogP contribution in [-0.2, 0) is 6.54 Å². The lowest BCUT2D eigenvalue weighted by atomic mass is 10.3. The van der Waals surface area contributed by atoms with Crippen LogP contribution in [0.5, 0.6) is 0 Å². The van der Waals surface area contributed by atoms with E-state index in [0.717, 1.165) is 21.4 Å². The highest BCUT2D eigenvalue weighted by Gasteiger charge is 2.12. The molecule has 3 aromatic rings. The molecular formula is C14H14ClN3S. The SMILES string of the molecule is Cc1nc2scc(C)n2c1CNc1ccccc1Cl. The number of hydrogen-bond donors (Lipinski definition) is 1. The molecule has 3 rings (SSSR count). The molecular weight excluding hydrogens is 278 g/mol. The Balaban J connectivity index is 1.92. The van der Waals surface area contributed by atoms with E-state index in [1.807, 2.05) is 31.2 Å². The van der Waals surface area contributed by atoms with Crippen LogP contribution in [0, 0.1) is 13.8 Å². The molecule has 5 heteroatoms. The van der Waals surface area contributed by atoms with Gasteiger partial charge in [0.15, 0.2) is 4.96 Å². The van der Waals surface area contributed by atoms with Gasteiger partial charge in [-0.1, -0.05) is 23.7 Å². The zero-order chi connectivity index (χ0) is 13.4.